The number of carbonyl (C=O) groups is 3. The summed E-state index contributed by atoms with van der Waals surface area (Å²) in [4.78, 5) is 48.2. The lowest BCUT2D eigenvalue weighted by Gasteiger charge is -2.37. The van der Waals surface area contributed by atoms with Crippen LogP contribution in [0.2, 0.25) is 0 Å². The maximum atomic E-state index is 13.2. The number of fused-ring (bicyclic) bond motifs is 1. The zero-order valence-corrected chi connectivity index (χ0v) is 21.0. The molecular weight excluding hydrogens is 464 g/mol. The third-order valence-corrected chi connectivity index (χ3v) is 7.72. The summed E-state index contributed by atoms with van der Waals surface area (Å²) in [6.45, 7) is 1.69. The number of amides is 3. The molecule has 4 rings (SSSR count). The van der Waals surface area contributed by atoms with Gasteiger partial charge in [0.15, 0.2) is 5.01 Å². The molecule has 3 amide bonds. The third kappa shape index (κ3) is 5.69. The maximum Gasteiger partial charge on any atom is 0.280 e. The molecule has 1 saturated carbocycles. The third-order valence-electron chi connectivity index (χ3n) is 6.64. The molecule has 2 heterocycles. The van der Waals surface area contributed by atoms with Crippen molar-refractivity contribution >= 4 is 29.1 Å². The number of hydrogen-bond donors (Lipinski definition) is 2. The van der Waals surface area contributed by atoms with Gasteiger partial charge in [0.2, 0.25) is 5.91 Å². The Morgan fingerprint density at radius 3 is 2.69 bits per heavy atom. The van der Waals surface area contributed by atoms with E-state index in [-0.39, 0.29) is 29.7 Å². The fraction of sp³-hybridized carbons (Fsp3) is 0.480. The summed E-state index contributed by atoms with van der Waals surface area (Å²) in [5, 5.41) is 15.6. The average molecular weight is 495 g/mol. The molecule has 1 fully saturated rings. The first kappa shape index (κ1) is 24.8. The van der Waals surface area contributed by atoms with Crippen LogP contribution in [0.3, 0.4) is 0 Å². The molecule has 0 radical (unpaired) electrons. The minimum Gasteiger partial charge on any atom is -0.349 e. The fourth-order valence-electron chi connectivity index (χ4n) is 4.72. The van der Waals surface area contributed by atoms with Crippen LogP contribution in [0.1, 0.15) is 55.6 Å². The Hall–Kier alpha value is -3.29. The highest BCUT2D eigenvalue weighted by atomic mass is 32.1. The summed E-state index contributed by atoms with van der Waals surface area (Å²) in [5.74, 6) is -0.802. The average Bonchev–Trinajstić information content (AvgIpc) is 3.28. The molecule has 10 heteroatoms. The number of likely N-dealkylation sites (N-methyl/N-ethyl adjacent to an activating group) is 1. The first-order chi connectivity index (χ1) is 16.7. The molecule has 2 N–H and O–H groups in total. The summed E-state index contributed by atoms with van der Waals surface area (Å²) < 4.78 is 0. The van der Waals surface area contributed by atoms with E-state index in [1.165, 1.54) is 11.3 Å². The number of benzene rings is 1. The van der Waals surface area contributed by atoms with E-state index in [0.717, 1.165) is 30.1 Å². The Bertz CT molecular complexity index is 1170. The molecule has 3 atom stereocenters. The van der Waals surface area contributed by atoms with Crippen LogP contribution in [0.25, 0.3) is 0 Å². The summed E-state index contributed by atoms with van der Waals surface area (Å²) in [5.41, 5.74) is 1.77. The van der Waals surface area contributed by atoms with Gasteiger partial charge in [0.25, 0.3) is 11.8 Å². The minimum atomic E-state index is -0.420. The van der Waals surface area contributed by atoms with Crippen LogP contribution in [-0.2, 0) is 17.8 Å². The monoisotopic (exact) mass is 494 g/mol. The van der Waals surface area contributed by atoms with E-state index in [1.807, 2.05) is 13.1 Å². The van der Waals surface area contributed by atoms with Gasteiger partial charge in [-0.05, 0) is 44.5 Å². The van der Waals surface area contributed by atoms with Crippen molar-refractivity contribution < 1.29 is 14.4 Å². The van der Waals surface area contributed by atoms with Gasteiger partial charge in [-0.3, -0.25) is 14.4 Å². The van der Waals surface area contributed by atoms with E-state index in [2.05, 4.69) is 20.5 Å². The van der Waals surface area contributed by atoms with Gasteiger partial charge < -0.3 is 20.4 Å². The molecule has 35 heavy (non-hydrogen) atoms. The lowest BCUT2D eigenvalue weighted by atomic mass is 9.81. The van der Waals surface area contributed by atoms with Gasteiger partial charge in [-0.25, -0.2) is 4.98 Å². The molecule has 0 spiro atoms. The predicted molar refractivity (Wildman–Crippen MR) is 132 cm³/mol. The van der Waals surface area contributed by atoms with E-state index in [9.17, 15) is 14.4 Å². The Balaban J connectivity index is 1.51. The molecule has 2 aromatic rings. The van der Waals surface area contributed by atoms with Crippen molar-refractivity contribution in [3.05, 3.63) is 51.0 Å². The number of nitrogens with one attached hydrogen (secondary N) is 2. The lowest BCUT2D eigenvalue weighted by molar-refractivity contribution is -0.134. The molecule has 2 aliphatic rings. The first-order valence-corrected chi connectivity index (χ1v) is 12.6. The topological polar surface area (TPSA) is 118 Å². The first-order valence-electron chi connectivity index (χ1n) is 11.7. The molecule has 1 aliphatic heterocycles. The largest absolute Gasteiger partial charge is 0.349 e. The second-order valence-corrected chi connectivity index (χ2v) is 10.6. The summed E-state index contributed by atoms with van der Waals surface area (Å²) in [6, 6.07) is 7.79. The smallest absolute Gasteiger partial charge is 0.280 e. The van der Waals surface area contributed by atoms with Crippen LogP contribution >= 0.6 is 11.3 Å². The highest BCUT2D eigenvalue weighted by molar-refractivity contribution is 7.13. The molecule has 1 aromatic carbocycles. The second kappa shape index (κ2) is 10.5. The van der Waals surface area contributed by atoms with Crippen LogP contribution in [0.5, 0.6) is 0 Å². The van der Waals surface area contributed by atoms with E-state index >= 15 is 0 Å². The summed E-state index contributed by atoms with van der Waals surface area (Å²) in [7, 11) is 5.50. The van der Waals surface area contributed by atoms with Crippen molar-refractivity contribution in [3.63, 3.8) is 0 Å². The van der Waals surface area contributed by atoms with Gasteiger partial charge in [0.1, 0.15) is 0 Å². The standard InChI is InChI=1S/C25H30N6O3S/c1-30(2)25(34)17-7-8-18(27-22(32)16-6-4-5-15(11-16)13-26)20(12-17)28-23(33)24-29-19-9-10-31(3)14-21(19)35-24/h4-6,11,17-18,20H,7-10,12,14H2,1-3H3,(H,27,32)(H,28,33). The Kier molecular flexibility index (Phi) is 7.48. The van der Waals surface area contributed by atoms with Gasteiger partial charge in [-0.1, -0.05) is 6.07 Å². The predicted octanol–water partition coefficient (Wildman–Crippen LogP) is 1.79. The lowest BCUT2D eigenvalue weighted by Crippen LogP contribution is -2.55. The van der Waals surface area contributed by atoms with Crippen molar-refractivity contribution in [2.24, 2.45) is 5.92 Å². The van der Waals surface area contributed by atoms with Crippen molar-refractivity contribution in [1.82, 2.24) is 25.4 Å². The van der Waals surface area contributed by atoms with Gasteiger partial charge in [-0.2, -0.15) is 5.26 Å². The number of thiazole rings is 1. The fourth-order valence-corrected chi connectivity index (χ4v) is 5.82. The van der Waals surface area contributed by atoms with Gasteiger partial charge >= 0.3 is 0 Å². The minimum absolute atomic E-state index is 0.0171. The molecule has 1 aliphatic carbocycles. The number of nitrogens with zero attached hydrogens (tertiary/aromatic N) is 4. The van der Waals surface area contributed by atoms with Gasteiger partial charge in [0.05, 0.1) is 23.4 Å². The summed E-state index contributed by atoms with van der Waals surface area (Å²) >= 11 is 1.41. The number of rotatable bonds is 5. The zero-order chi connectivity index (χ0) is 25.1. The van der Waals surface area contributed by atoms with Gasteiger partial charge in [-0.15, -0.1) is 11.3 Å². The normalized spacial score (nSPS) is 21.9. The quantitative estimate of drug-likeness (QED) is 0.654. The molecule has 0 bridgehead atoms. The second-order valence-electron chi connectivity index (χ2n) is 9.47. The molecule has 184 valence electrons. The summed E-state index contributed by atoms with van der Waals surface area (Å²) in [6.07, 6.45) is 2.42. The van der Waals surface area contributed by atoms with Crippen LogP contribution < -0.4 is 10.6 Å². The molecular formula is C25H30N6O3S. The van der Waals surface area contributed by atoms with Crippen molar-refractivity contribution in [3.8, 4) is 6.07 Å². The van der Waals surface area contributed by atoms with E-state index in [1.54, 1.807) is 43.3 Å². The highest BCUT2D eigenvalue weighted by Crippen LogP contribution is 2.28. The molecule has 1 aromatic heterocycles. The van der Waals surface area contributed by atoms with Crippen LogP contribution in [0, 0.1) is 17.2 Å². The van der Waals surface area contributed by atoms with Crippen molar-refractivity contribution in [1.29, 1.82) is 5.26 Å². The van der Waals surface area contributed by atoms with E-state index in [0.29, 0.717) is 35.4 Å². The Morgan fingerprint density at radius 1 is 1.17 bits per heavy atom. The highest BCUT2D eigenvalue weighted by Gasteiger charge is 2.37. The van der Waals surface area contributed by atoms with E-state index < -0.39 is 6.04 Å². The molecule has 3 unspecified atom stereocenters. The van der Waals surface area contributed by atoms with Crippen LogP contribution in [-0.4, -0.2) is 72.3 Å². The Morgan fingerprint density at radius 2 is 1.94 bits per heavy atom. The van der Waals surface area contributed by atoms with Gasteiger partial charge in [0, 0.05) is 56.0 Å². The number of carbonyl (C=O) groups excluding carboxylic acids is 3. The molecule has 9 nitrogen and oxygen atoms in total. The van der Waals surface area contributed by atoms with Crippen LogP contribution in [0.4, 0.5) is 0 Å². The van der Waals surface area contributed by atoms with Crippen molar-refractivity contribution in [2.75, 3.05) is 27.7 Å². The number of hydrogen-bond acceptors (Lipinski definition) is 7. The zero-order valence-electron chi connectivity index (χ0n) is 20.2. The molecule has 0 saturated heterocycles. The SMILES string of the molecule is CN1CCc2nc(C(=O)NC3CC(C(=O)N(C)C)CCC3NC(=O)c3cccc(C#N)c3)sc2C1. The number of aromatic nitrogens is 1. The van der Waals surface area contributed by atoms with E-state index in [4.69, 9.17) is 5.26 Å². The number of nitriles is 1. The maximum absolute atomic E-state index is 13.2. The Labute approximate surface area is 209 Å². The van der Waals surface area contributed by atoms with Crippen molar-refractivity contribution in [2.45, 2.75) is 44.3 Å². The van der Waals surface area contributed by atoms with Crippen LogP contribution in [0.15, 0.2) is 24.3 Å².